The van der Waals surface area contributed by atoms with Crippen molar-refractivity contribution in [2.24, 2.45) is 0 Å². The van der Waals surface area contributed by atoms with Crippen molar-refractivity contribution in [3.8, 4) is 0 Å². The lowest BCUT2D eigenvalue weighted by Crippen LogP contribution is -2.53. The van der Waals surface area contributed by atoms with Gasteiger partial charge in [-0.3, -0.25) is 9.59 Å². The number of benzene rings is 1. The second kappa shape index (κ2) is 11.0. The number of hydrogen-bond acceptors (Lipinski definition) is 4. The van der Waals surface area contributed by atoms with Crippen molar-refractivity contribution in [1.29, 1.82) is 0 Å². The molecule has 1 saturated carbocycles. The predicted octanol–water partition coefficient (Wildman–Crippen LogP) is 4.55. The lowest BCUT2D eigenvalue weighted by molar-refractivity contribution is -0.143. The van der Waals surface area contributed by atoms with Gasteiger partial charge in [0.2, 0.25) is 11.8 Å². The smallest absolute Gasteiger partial charge is 0.408 e. The van der Waals surface area contributed by atoms with Gasteiger partial charge in [-0.05, 0) is 78.9 Å². The van der Waals surface area contributed by atoms with E-state index in [2.05, 4.69) is 17.6 Å². The van der Waals surface area contributed by atoms with Gasteiger partial charge in [-0.15, -0.1) is 0 Å². The number of amides is 3. The van der Waals surface area contributed by atoms with Crippen molar-refractivity contribution in [3.05, 3.63) is 34.9 Å². The Morgan fingerprint density at radius 1 is 1.12 bits per heavy atom. The van der Waals surface area contributed by atoms with Crippen LogP contribution in [0.4, 0.5) is 4.79 Å². The standard InChI is InChI=1S/C26H41N3O4/c1-9-10-18(4)27-23(30)22(21-14-11-16(2)15-17(21)3)29(20-12-13-20)24(31)19(5)28-25(32)33-26(6,7)8/h11,14-15,18-20,22H,9-10,12-13H2,1-8H3,(H,27,30)(H,28,32). The predicted molar refractivity (Wildman–Crippen MR) is 130 cm³/mol. The van der Waals surface area contributed by atoms with Crippen LogP contribution >= 0.6 is 0 Å². The van der Waals surface area contributed by atoms with Crippen molar-refractivity contribution in [1.82, 2.24) is 15.5 Å². The number of ether oxygens (including phenoxy) is 1. The highest BCUT2D eigenvalue weighted by molar-refractivity contribution is 5.92. The van der Waals surface area contributed by atoms with Gasteiger partial charge in [0.25, 0.3) is 0 Å². The molecule has 2 N–H and O–H groups in total. The number of rotatable bonds is 9. The normalized spacial score (nSPS) is 16.4. The summed E-state index contributed by atoms with van der Waals surface area (Å²) in [6.45, 7) is 15.0. The molecule has 0 heterocycles. The van der Waals surface area contributed by atoms with Crippen LogP contribution in [0.1, 0.15) is 90.0 Å². The van der Waals surface area contributed by atoms with Crippen LogP contribution in [0, 0.1) is 13.8 Å². The summed E-state index contributed by atoms with van der Waals surface area (Å²) < 4.78 is 5.32. The maximum absolute atomic E-state index is 13.6. The van der Waals surface area contributed by atoms with E-state index < -0.39 is 23.8 Å². The van der Waals surface area contributed by atoms with E-state index in [1.54, 1.807) is 32.6 Å². The van der Waals surface area contributed by atoms with Crippen LogP contribution < -0.4 is 10.6 Å². The number of carbonyl (C=O) groups excluding carboxylic acids is 3. The van der Waals surface area contributed by atoms with Crippen LogP contribution in [0.25, 0.3) is 0 Å². The van der Waals surface area contributed by atoms with Crippen molar-refractivity contribution in [3.63, 3.8) is 0 Å². The Bertz CT molecular complexity index is 858. The minimum absolute atomic E-state index is 0.00391. The number of aryl methyl sites for hydroxylation is 2. The van der Waals surface area contributed by atoms with Crippen LogP contribution in [-0.4, -0.2) is 46.5 Å². The minimum Gasteiger partial charge on any atom is -0.444 e. The maximum atomic E-state index is 13.6. The third kappa shape index (κ3) is 7.76. The molecule has 0 radical (unpaired) electrons. The minimum atomic E-state index is -0.824. The van der Waals surface area contributed by atoms with Gasteiger partial charge >= 0.3 is 6.09 Å². The van der Waals surface area contributed by atoms with Gasteiger partial charge in [-0.1, -0.05) is 37.1 Å². The second-order valence-corrected chi connectivity index (χ2v) is 10.3. The zero-order valence-electron chi connectivity index (χ0n) is 21.5. The molecule has 3 amide bonds. The molecule has 1 aliphatic rings. The van der Waals surface area contributed by atoms with E-state index in [1.807, 2.05) is 39.0 Å². The summed E-state index contributed by atoms with van der Waals surface area (Å²) in [6.07, 6.45) is 2.84. The molecule has 0 aliphatic heterocycles. The van der Waals surface area contributed by atoms with E-state index in [0.717, 1.165) is 42.4 Å². The molecule has 184 valence electrons. The van der Waals surface area contributed by atoms with Crippen LogP contribution in [0.15, 0.2) is 18.2 Å². The van der Waals surface area contributed by atoms with E-state index in [9.17, 15) is 14.4 Å². The molecule has 1 aliphatic carbocycles. The van der Waals surface area contributed by atoms with Crippen LogP contribution in [0.2, 0.25) is 0 Å². The Kier molecular flexibility index (Phi) is 8.92. The summed E-state index contributed by atoms with van der Waals surface area (Å²) in [7, 11) is 0. The lowest BCUT2D eigenvalue weighted by Gasteiger charge is -2.35. The molecule has 1 aromatic carbocycles. The number of nitrogens with zero attached hydrogens (tertiary/aromatic N) is 1. The third-order valence-electron chi connectivity index (χ3n) is 5.66. The molecule has 0 saturated heterocycles. The summed E-state index contributed by atoms with van der Waals surface area (Å²) in [6, 6.07) is 4.33. The highest BCUT2D eigenvalue weighted by atomic mass is 16.6. The van der Waals surface area contributed by atoms with Gasteiger partial charge in [0.05, 0.1) is 0 Å². The summed E-state index contributed by atoms with van der Waals surface area (Å²) in [5.41, 5.74) is 2.20. The highest BCUT2D eigenvalue weighted by Gasteiger charge is 2.43. The van der Waals surface area contributed by atoms with Crippen LogP contribution in [-0.2, 0) is 14.3 Å². The fraction of sp³-hybridized carbons (Fsp3) is 0.654. The van der Waals surface area contributed by atoms with Gasteiger partial charge in [0.15, 0.2) is 0 Å². The molecule has 7 heteroatoms. The molecule has 2 rings (SSSR count). The largest absolute Gasteiger partial charge is 0.444 e. The van der Waals surface area contributed by atoms with E-state index in [0.29, 0.717) is 0 Å². The Morgan fingerprint density at radius 3 is 2.27 bits per heavy atom. The summed E-state index contributed by atoms with van der Waals surface area (Å²) in [5.74, 6) is -0.473. The molecule has 7 nitrogen and oxygen atoms in total. The molecule has 33 heavy (non-hydrogen) atoms. The van der Waals surface area contributed by atoms with Crippen LogP contribution in [0.3, 0.4) is 0 Å². The molecule has 0 spiro atoms. The Morgan fingerprint density at radius 2 is 1.76 bits per heavy atom. The second-order valence-electron chi connectivity index (χ2n) is 10.3. The zero-order valence-corrected chi connectivity index (χ0v) is 21.5. The van der Waals surface area contributed by atoms with Gasteiger partial charge in [0.1, 0.15) is 17.7 Å². The first-order valence-electron chi connectivity index (χ1n) is 12.0. The molecular weight excluding hydrogens is 418 g/mol. The molecule has 0 bridgehead atoms. The van der Waals surface area contributed by atoms with Crippen molar-refractivity contribution in [2.45, 2.75) is 111 Å². The average Bonchev–Trinajstić information content (AvgIpc) is 3.49. The first-order valence-corrected chi connectivity index (χ1v) is 12.0. The van der Waals surface area contributed by atoms with Crippen LogP contribution in [0.5, 0.6) is 0 Å². The Labute approximate surface area is 198 Å². The monoisotopic (exact) mass is 459 g/mol. The van der Waals surface area contributed by atoms with E-state index in [1.165, 1.54) is 0 Å². The Balaban J connectivity index is 2.37. The number of carbonyl (C=O) groups is 3. The van der Waals surface area contributed by atoms with Crippen molar-refractivity contribution >= 4 is 17.9 Å². The van der Waals surface area contributed by atoms with E-state index >= 15 is 0 Å². The SMILES string of the molecule is CCCC(C)NC(=O)C(c1ccc(C)cc1C)N(C(=O)C(C)NC(=O)OC(C)(C)C)C1CC1. The van der Waals surface area contributed by atoms with Gasteiger partial charge < -0.3 is 20.3 Å². The molecule has 3 atom stereocenters. The number of alkyl carbamates (subject to hydrolysis) is 1. The summed E-state index contributed by atoms with van der Waals surface area (Å²) >= 11 is 0. The van der Waals surface area contributed by atoms with E-state index in [-0.39, 0.29) is 23.9 Å². The first-order chi connectivity index (χ1) is 15.3. The number of nitrogens with one attached hydrogen (secondary N) is 2. The quantitative estimate of drug-likeness (QED) is 0.567. The molecule has 1 fully saturated rings. The average molecular weight is 460 g/mol. The third-order valence-corrected chi connectivity index (χ3v) is 5.66. The van der Waals surface area contributed by atoms with Gasteiger partial charge in [0, 0.05) is 12.1 Å². The maximum Gasteiger partial charge on any atom is 0.408 e. The van der Waals surface area contributed by atoms with Crippen molar-refractivity contribution in [2.75, 3.05) is 0 Å². The fourth-order valence-corrected chi connectivity index (χ4v) is 4.02. The molecular formula is C26H41N3O4. The van der Waals surface area contributed by atoms with Crippen molar-refractivity contribution < 1.29 is 19.1 Å². The zero-order chi connectivity index (χ0) is 24.9. The fourth-order valence-electron chi connectivity index (χ4n) is 4.02. The number of hydrogen-bond donors (Lipinski definition) is 2. The molecule has 3 unspecified atom stereocenters. The summed E-state index contributed by atoms with van der Waals surface area (Å²) in [5, 5.41) is 5.75. The first kappa shape index (κ1) is 26.7. The van der Waals surface area contributed by atoms with Gasteiger partial charge in [-0.2, -0.15) is 0 Å². The highest BCUT2D eigenvalue weighted by Crippen LogP contribution is 2.36. The van der Waals surface area contributed by atoms with E-state index in [4.69, 9.17) is 4.74 Å². The lowest BCUT2D eigenvalue weighted by atomic mass is 9.96. The Hall–Kier alpha value is -2.57. The molecule has 1 aromatic rings. The summed E-state index contributed by atoms with van der Waals surface area (Å²) in [4.78, 5) is 41.1. The topological polar surface area (TPSA) is 87.7 Å². The van der Waals surface area contributed by atoms with Gasteiger partial charge in [-0.25, -0.2) is 4.79 Å². The molecule has 0 aromatic heterocycles.